The lowest BCUT2D eigenvalue weighted by molar-refractivity contribution is -0.120. The molecule has 0 spiro atoms. The van der Waals surface area contributed by atoms with Crippen LogP contribution in [0.1, 0.15) is 5.56 Å². The maximum Gasteiger partial charge on any atom is 0.264 e. The van der Waals surface area contributed by atoms with E-state index in [1.54, 1.807) is 25.2 Å². The number of aromatic nitrogens is 1. The normalized spacial score (nSPS) is 12.7. The summed E-state index contributed by atoms with van der Waals surface area (Å²) in [7, 11) is 1.69. The molecular formula is C20H19BrClN3O4S. The summed E-state index contributed by atoms with van der Waals surface area (Å²) in [5, 5.41) is 25.3. The number of anilines is 2. The molecule has 4 rings (SSSR count). The number of nitrogens with zero attached hydrogens (tertiary/aromatic N) is 2. The number of benzene rings is 2. The van der Waals surface area contributed by atoms with Crippen LogP contribution in [0.3, 0.4) is 0 Å². The van der Waals surface area contributed by atoms with Crippen LogP contribution in [-0.2, 0) is 11.2 Å². The summed E-state index contributed by atoms with van der Waals surface area (Å²) in [6.07, 6.45) is 0.658. The number of carbonyl (C=O) groups is 1. The molecule has 0 fully saturated rings. The van der Waals surface area contributed by atoms with Crippen molar-refractivity contribution in [1.82, 2.24) is 4.98 Å². The standard InChI is InChI=1S/C20H18ClN3O4S.BrH/c1-24-15-8-12(21)7-13(19(15)28-9-18(24)27)14-10-29-20(23-14)22-5-4-11-2-3-16(25)17(26)6-11;/h2-3,6-8,10,25-26H,4-5,9H2,1H3,(H,22,23);1H. The molecule has 3 N–H and O–H groups in total. The lowest BCUT2D eigenvalue weighted by Gasteiger charge is -2.27. The average molecular weight is 513 g/mol. The van der Waals surface area contributed by atoms with Crippen LogP contribution in [0.2, 0.25) is 5.02 Å². The maximum atomic E-state index is 11.9. The average Bonchev–Trinajstić information content (AvgIpc) is 3.16. The monoisotopic (exact) mass is 511 g/mol. The number of ether oxygens (including phenoxy) is 1. The van der Waals surface area contributed by atoms with Gasteiger partial charge in [-0.2, -0.15) is 0 Å². The van der Waals surface area contributed by atoms with Gasteiger partial charge in [-0.25, -0.2) is 4.98 Å². The molecule has 3 aromatic rings. The Labute approximate surface area is 192 Å². The molecule has 0 atom stereocenters. The van der Waals surface area contributed by atoms with Gasteiger partial charge < -0.3 is 25.2 Å². The highest BCUT2D eigenvalue weighted by atomic mass is 79.9. The Morgan fingerprint density at radius 1 is 1.27 bits per heavy atom. The number of phenolic OH excluding ortho intramolecular Hbond substituents is 2. The third-order valence-electron chi connectivity index (χ3n) is 4.62. The molecule has 1 aromatic heterocycles. The van der Waals surface area contributed by atoms with Gasteiger partial charge in [0.1, 0.15) is 0 Å². The van der Waals surface area contributed by atoms with Gasteiger partial charge in [-0.15, -0.1) is 28.3 Å². The Bertz CT molecular complexity index is 1090. The third kappa shape index (κ3) is 4.48. The molecule has 158 valence electrons. The first-order valence-corrected chi connectivity index (χ1v) is 10.1. The zero-order valence-electron chi connectivity index (χ0n) is 15.9. The fourth-order valence-corrected chi connectivity index (χ4v) is 4.00. The Balaban J connectivity index is 0.00000256. The molecule has 1 amide bonds. The van der Waals surface area contributed by atoms with Crippen LogP contribution in [0, 0.1) is 0 Å². The van der Waals surface area contributed by atoms with Crippen molar-refractivity contribution >= 4 is 56.6 Å². The molecule has 2 heterocycles. The van der Waals surface area contributed by atoms with Gasteiger partial charge in [-0.05, 0) is 36.2 Å². The first-order chi connectivity index (χ1) is 13.9. The fourth-order valence-electron chi connectivity index (χ4n) is 3.05. The molecule has 0 saturated heterocycles. The van der Waals surface area contributed by atoms with Crippen molar-refractivity contribution in [2.45, 2.75) is 6.42 Å². The van der Waals surface area contributed by atoms with Gasteiger partial charge in [-0.3, -0.25) is 4.79 Å². The van der Waals surface area contributed by atoms with E-state index in [0.717, 1.165) is 16.3 Å². The van der Waals surface area contributed by atoms with Crippen molar-refractivity contribution in [2.75, 3.05) is 30.4 Å². The maximum absolute atomic E-state index is 11.9. The van der Waals surface area contributed by atoms with Crippen LogP contribution in [0.4, 0.5) is 10.8 Å². The molecule has 0 bridgehead atoms. The number of amides is 1. The first-order valence-electron chi connectivity index (χ1n) is 8.86. The summed E-state index contributed by atoms with van der Waals surface area (Å²) in [5.74, 6) is 0.193. The topological polar surface area (TPSA) is 94.9 Å². The predicted octanol–water partition coefficient (Wildman–Crippen LogP) is 4.46. The van der Waals surface area contributed by atoms with Gasteiger partial charge in [0.15, 0.2) is 29.0 Å². The van der Waals surface area contributed by atoms with Crippen LogP contribution in [0.25, 0.3) is 11.3 Å². The van der Waals surface area contributed by atoms with Crippen LogP contribution >= 0.6 is 39.9 Å². The van der Waals surface area contributed by atoms with Gasteiger partial charge in [0.05, 0.1) is 11.4 Å². The van der Waals surface area contributed by atoms with Gasteiger partial charge >= 0.3 is 0 Å². The Kier molecular flexibility index (Phi) is 6.74. The van der Waals surface area contributed by atoms with Gasteiger partial charge in [0.2, 0.25) is 0 Å². The van der Waals surface area contributed by atoms with Gasteiger partial charge in [0.25, 0.3) is 5.91 Å². The number of halogens is 2. The van der Waals surface area contributed by atoms with E-state index in [1.165, 1.54) is 28.4 Å². The molecule has 30 heavy (non-hydrogen) atoms. The second-order valence-corrected chi connectivity index (χ2v) is 7.88. The van der Waals surface area contributed by atoms with Crippen molar-refractivity contribution < 1.29 is 19.7 Å². The largest absolute Gasteiger partial charge is 0.504 e. The van der Waals surface area contributed by atoms with Gasteiger partial charge in [-0.1, -0.05) is 17.7 Å². The molecule has 0 saturated carbocycles. The third-order valence-corrected chi connectivity index (χ3v) is 5.64. The minimum Gasteiger partial charge on any atom is -0.504 e. The van der Waals surface area contributed by atoms with Crippen molar-refractivity contribution in [2.24, 2.45) is 0 Å². The van der Waals surface area contributed by atoms with E-state index in [0.29, 0.717) is 35.1 Å². The van der Waals surface area contributed by atoms with E-state index in [4.69, 9.17) is 16.3 Å². The van der Waals surface area contributed by atoms with Crippen molar-refractivity contribution in [1.29, 1.82) is 0 Å². The summed E-state index contributed by atoms with van der Waals surface area (Å²) in [6.45, 7) is 0.589. The molecule has 0 unspecified atom stereocenters. The zero-order valence-corrected chi connectivity index (χ0v) is 19.2. The molecule has 1 aliphatic heterocycles. The Hall–Kier alpha value is -2.49. The number of likely N-dealkylation sites (N-methyl/N-ethyl adjacent to an activating group) is 1. The van der Waals surface area contributed by atoms with Crippen molar-refractivity contribution in [3.05, 3.63) is 46.3 Å². The van der Waals surface area contributed by atoms with E-state index in [9.17, 15) is 15.0 Å². The molecular weight excluding hydrogens is 494 g/mol. The first kappa shape index (κ1) is 22.2. The fraction of sp³-hybridized carbons (Fsp3) is 0.200. The molecule has 1 aliphatic rings. The summed E-state index contributed by atoms with van der Waals surface area (Å²) in [4.78, 5) is 18.0. The Morgan fingerprint density at radius 3 is 2.83 bits per heavy atom. The SMILES string of the molecule is Br.CN1C(=O)COc2c(-c3csc(NCCc4ccc(O)c(O)c4)n3)cc(Cl)cc21. The molecule has 7 nitrogen and oxygen atoms in total. The van der Waals surface area contributed by atoms with Crippen molar-refractivity contribution in [3.63, 3.8) is 0 Å². The highest BCUT2D eigenvalue weighted by Crippen LogP contribution is 2.43. The number of fused-ring (bicyclic) bond motifs is 1. The van der Waals surface area contributed by atoms with Crippen LogP contribution in [0.5, 0.6) is 17.2 Å². The summed E-state index contributed by atoms with van der Waals surface area (Å²) in [5.41, 5.74) is 2.97. The molecule has 2 aromatic carbocycles. The number of thiazole rings is 1. The number of nitrogens with one attached hydrogen (secondary N) is 1. The quantitative estimate of drug-likeness (QED) is 0.437. The summed E-state index contributed by atoms with van der Waals surface area (Å²) >= 11 is 7.71. The lowest BCUT2D eigenvalue weighted by Crippen LogP contribution is -2.35. The summed E-state index contributed by atoms with van der Waals surface area (Å²) < 4.78 is 5.67. The molecule has 0 aliphatic carbocycles. The van der Waals surface area contributed by atoms with Crippen LogP contribution < -0.4 is 15.0 Å². The number of hydrogen-bond donors (Lipinski definition) is 3. The van der Waals surface area contributed by atoms with E-state index in [1.807, 2.05) is 5.38 Å². The smallest absolute Gasteiger partial charge is 0.264 e. The van der Waals surface area contributed by atoms with E-state index in [-0.39, 0.29) is 41.0 Å². The number of aromatic hydroxyl groups is 2. The molecule has 10 heteroatoms. The highest BCUT2D eigenvalue weighted by Gasteiger charge is 2.26. The lowest BCUT2D eigenvalue weighted by atomic mass is 10.1. The predicted molar refractivity (Wildman–Crippen MR) is 124 cm³/mol. The van der Waals surface area contributed by atoms with E-state index >= 15 is 0 Å². The highest BCUT2D eigenvalue weighted by molar-refractivity contribution is 8.93. The van der Waals surface area contributed by atoms with E-state index < -0.39 is 0 Å². The minimum absolute atomic E-state index is 0. The number of hydrogen-bond acceptors (Lipinski definition) is 7. The minimum atomic E-state index is -0.134. The second-order valence-electron chi connectivity index (χ2n) is 6.58. The van der Waals surface area contributed by atoms with Crippen LogP contribution in [0.15, 0.2) is 35.7 Å². The van der Waals surface area contributed by atoms with Gasteiger partial charge in [0, 0.05) is 29.6 Å². The zero-order chi connectivity index (χ0) is 20.5. The van der Waals surface area contributed by atoms with Crippen molar-refractivity contribution in [3.8, 4) is 28.5 Å². The van der Waals surface area contributed by atoms with Crippen LogP contribution in [-0.4, -0.2) is 41.3 Å². The molecule has 0 radical (unpaired) electrons. The second kappa shape index (κ2) is 9.11. The number of phenols is 2. The van der Waals surface area contributed by atoms with E-state index in [2.05, 4.69) is 10.3 Å². The number of rotatable bonds is 5. The summed E-state index contributed by atoms with van der Waals surface area (Å²) in [6, 6.07) is 8.25. The number of carbonyl (C=O) groups excluding carboxylic acids is 1. The Morgan fingerprint density at radius 2 is 2.07 bits per heavy atom.